The highest BCUT2D eigenvalue weighted by atomic mass is 16.6. The van der Waals surface area contributed by atoms with Gasteiger partial charge < -0.3 is 24.8 Å². The normalized spacial score (nSPS) is 27.9. The molecule has 5 heteroatoms. The summed E-state index contributed by atoms with van der Waals surface area (Å²) < 4.78 is 10.9. The van der Waals surface area contributed by atoms with Crippen LogP contribution >= 0.6 is 0 Å². The monoisotopic (exact) mass is 290 g/mol. The van der Waals surface area contributed by atoms with Gasteiger partial charge in [0.05, 0.1) is 13.2 Å². The molecular formula is C15H30O5. The predicted octanol–water partition coefficient (Wildman–Crippen LogP) is 1.24. The first-order chi connectivity index (χ1) is 9.70. The number of hydrogen-bond acceptors (Lipinski definition) is 5. The van der Waals surface area contributed by atoms with Crippen LogP contribution in [0.5, 0.6) is 0 Å². The van der Waals surface area contributed by atoms with Crippen LogP contribution in [0.4, 0.5) is 0 Å². The third-order valence-corrected chi connectivity index (χ3v) is 3.79. The standard InChI is InChI=1S/C15H30O5/c1-2-3-4-5-6-7-8-9-19-15-13(18)11-20-14(15)12(17)10-16/h12-18H,2-11H2,1H3/t12-,13+,14-,15-/m1/s1. The van der Waals surface area contributed by atoms with E-state index in [-0.39, 0.29) is 13.2 Å². The molecule has 0 aromatic rings. The molecule has 1 rings (SSSR count). The van der Waals surface area contributed by atoms with Gasteiger partial charge in [-0.05, 0) is 6.42 Å². The molecule has 20 heavy (non-hydrogen) atoms. The summed E-state index contributed by atoms with van der Waals surface area (Å²) in [6, 6.07) is 0. The number of rotatable bonds is 11. The second-order valence-corrected chi connectivity index (χ2v) is 5.57. The van der Waals surface area contributed by atoms with Gasteiger partial charge in [-0.1, -0.05) is 45.4 Å². The summed E-state index contributed by atoms with van der Waals surface area (Å²) in [7, 11) is 0. The van der Waals surface area contributed by atoms with Gasteiger partial charge >= 0.3 is 0 Å². The van der Waals surface area contributed by atoms with E-state index >= 15 is 0 Å². The summed E-state index contributed by atoms with van der Waals surface area (Å²) in [5.41, 5.74) is 0. The van der Waals surface area contributed by atoms with Crippen molar-refractivity contribution in [2.45, 2.75) is 76.3 Å². The summed E-state index contributed by atoms with van der Waals surface area (Å²) in [5.74, 6) is 0. The fourth-order valence-electron chi connectivity index (χ4n) is 2.54. The molecule has 0 aliphatic carbocycles. The van der Waals surface area contributed by atoms with Crippen LogP contribution in [0.2, 0.25) is 0 Å². The van der Waals surface area contributed by atoms with Crippen LogP contribution in [0.3, 0.4) is 0 Å². The molecule has 1 fully saturated rings. The Labute approximate surface area is 121 Å². The van der Waals surface area contributed by atoms with Gasteiger partial charge in [0.15, 0.2) is 0 Å². The molecule has 0 amide bonds. The van der Waals surface area contributed by atoms with E-state index in [4.69, 9.17) is 14.6 Å². The lowest BCUT2D eigenvalue weighted by Gasteiger charge is -2.23. The lowest BCUT2D eigenvalue weighted by molar-refractivity contribution is -0.0938. The largest absolute Gasteiger partial charge is 0.394 e. The molecule has 0 bridgehead atoms. The Balaban J connectivity index is 2.10. The Bertz CT molecular complexity index is 236. The minimum absolute atomic E-state index is 0.156. The zero-order chi connectivity index (χ0) is 14.8. The highest BCUT2D eigenvalue weighted by Crippen LogP contribution is 2.21. The van der Waals surface area contributed by atoms with Gasteiger partial charge in [-0.25, -0.2) is 0 Å². The van der Waals surface area contributed by atoms with E-state index in [1.807, 2.05) is 0 Å². The maximum absolute atomic E-state index is 9.76. The number of ether oxygens (including phenoxy) is 2. The van der Waals surface area contributed by atoms with Crippen molar-refractivity contribution in [3.05, 3.63) is 0 Å². The maximum atomic E-state index is 9.76. The average Bonchev–Trinajstić information content (AvgIpc) is 2.82. The quantitative estimate of drug-likeness (QED) is 0.499. The van der Waals surface area contributed by atoms with Crippen molar-refractivity contribution in [1.29, 1.82) is 0 Å². The first kappa shape index (κ1) is 17.9. The van der Waals surface area contributed by atoms with Crippen molar-refractivity contribution in [2.75, 3.05) is 19.8 Å². The Kier molecular flexibility index (Phi) is 9.39. The van der Waals surface area contributed by atoms with Crippen LogP contribution in [0.25, 0.3) is 0 Å². The Morgan fingerprint density at radius 2 is 1.80 bits per heavy atom. The molecule has 0 aromatic heterocycles. The predicted molar refractivity (Wildman–Crippen MR) is 76.6 cm³/mol. The average molecular weight is 290 g/mol. The summed E-state index contributed by atoms with van der Waals surface area (Å²) in [4.78, 5) is 0. The minimum atomic E-state index is -0.994. The Morgan fingerprint density at radius 1 is 1.15 bits per heavy atom. The van der Waals surface area contributed by atoms with E-state index in [9.17, 15) is 10.2 Å². The molecule has 3 N–H and O–H groups in total. The highest BCUT2D eigenvalue weighted by Gasteiger charge is 2.40. The molecule has 1 aliphatic rings. The second kappa shape index (κ2) is 10.5. The lowest BCUT2D eigenvalue weighted by Crippen LogP contribution is -2.42. The van der Waals surface area contributed by atoms with Crippen molar-refractivity contribution in [1.82, 2.24) is 0 Å². The van der Waals surface area contributed by atoms with Crippen molar-refractivity contribution in [3.63, 3.8) is 0 Å². The molecule has 1 aliphatic heterocycles. The van der Waals surface area contributed by atoms with Crippen LogP contribution in [-0.2, 0) is 9.47 Å². The molecule has 0 aromatic carbocycles. The van der Waals surface area contributed by atoms with Gasteiger partial charge in [-0.15, -0.1) is 0 Å². The molecule has 4 atom stereocenters. The number of aliphatic hydroxyl groups is 3. The molecule has 0 unspecified atom stereocenters. The van der Waals surface area contributed by atoms with E-state index in [1.165, 1.54) is 32.1 Å². The van der Waals surface area contributed by atoms with Gasteiger partial charge in [0.2, 0.25) is 0 Å². The smallest absolute Gasteiger partial charge is 0.114 e. The third kappa shape index (κ3) is 6.06. The number of unbranched alkanes of at least 4 members (excludes halogenated alkanes) is 6. The first-order valence-corrected chi connectivity index (χ1v) is 7.90. The zero-order valence-electron chi connectivity index (χ0n) is 12.5. The third-order valence-electron chi connectivity index (χ3n) is 3.79. The number of hydrogen-bond donors (Lipinski definition) is 3. The topological polar surface area (TPSA) is 79.2 Å². The SMILES string of the molecule is CCCCCCCCCO[C@H]1[C@@H]([C@H](O)CO)OC[C@@H]1O. The zero-order valence-corrected chi connectivity index (χ0v) is 12.5. The molecular weight excluding hydrogens is 260 g/mol. The van der Waals surface area contributed by atoms with Crippen LogP contribution in [0, 0.1) is 0 Å². The maximum Gasteiger partial charge on any atom is 0.114 e. The van der Waals surface area contributed by atoms with Crippen molar-refractivity contribution < 1.29 is 24.8 Å². The number of aliphatic hydroxyl groups excluding tert-OH is 3. The summed E-state index contributed by atoms with van der Waals surface area (Å²) in [6.45, 7) is 2.55. The van der Waals surface area contributed by atoms with Gasteiger partial charge in [0, 0.05) is 6.61 Å². The Morgan fingerprint density at radius 3 is 2.45 bits per heavy atom. The molecule has 0 saturated carbocycles. The van der Waals surface area contributed by atoms with E-state index in [0.29, 0.717) is 6.61 Å². The van der Waals surface area contributed by atoms with E-state index in [1.54, 1.807) is 0 Å². The molecule has 0 radical (unpaired) electrons. The molecule has 0 spiro atoms. The molecule has 5 nitrogen and oxygen atoms in total. The van der Waals surface area contributed by atoms with Crippen molar-refractivity contribution in [3.8, 4) is 0 Å². The van der Waals surface area contributed by atoms with Crippen molar-refractivity contribution >= 4 is 0 Å². The van der Waals surface area contributed by atoms with Gasteiger partial charge in [-0.3, -0.25) is 0 Å². The van der Waals surface area contributed by atoms with Crippen molar-refractivity contribution in [2.24, 2.45) is 0 Å². The van der Waals surface area contributed by atoms with E-state index in [0.717, 1.165) is 12.8 Å². The van der Waals surface area contributed by atoms with E-state index in [2.05, 4.69) is 6.92 Å². The van der Waals surface area contributed by atoms with Gasteiger partial charge in [-0.2, -0.15) is 0 Å². The minimum Gasteiger partial charge on any atom is -0.394 e. The van der Waals surface area contributed by atoms with E-state index < -0.39 is 24.4 Å². The highest BCUT2D eigenvalue weighted by molar-refractivity contribution is 4.89. The molecule has 1 heterocycles. The fraction of sp³-hybridized carbons (Fsp3) is 1.00. The summed E-state index contributed by atoms with van der Waals surface area (Å²) in [6.07, 6.45) is 5.58. The fourth-order valence-corrected chi connectivity index (χ4v) is 2.54. The lowest BCUT2D eigenvalue weighted by atomic mass is 10.1. The molecule has 1 saturated heterocycles. The molecule has 120 valence electrons. The summed E-state index contributed by atoms with van der Waals surface area (Å²) >= 11 is 0. The van der Waals surface area contributed by atoms with Crippen LogP contribution in [0.1, 0.15) is 51.9 Å². The van der Waals surface area contributed by atoms with Crippen LogP contribution in [0.15, 0.2) is 0 Å². The van der Waals surface area contributed by atoms with Gasteiger partial charge in [0.25, 0.3) is 0 Å². The van der Waals surface area contributed by atoms with Crippen LogP contribution < -0.4 is 0 Å². The van der Waals surface area contributed by atoms with Crippen LogP contribution in [-0.4, -0.2) is 59.6 Å². The summed E-state index contributed by atoms with van der Waals surface area (Å²) in [5, 5.41) is 28.3. The Hall–Kier alpha value is -0.200. The first-order valence-electron chi connectivity index (χ1n) is 7.90. The second-order valence-electron chi connectivity index (χ2n) is 5.57. The van der Waals surface area contributed by atoms with Gasteiger partial charge in [0.1, 0.15) is 24.4 Å².